The van der Waals surface area contributed by atoms with Crippen molar-refractivity contribution in [2.75, 3.05) is 6.54 Å². The summed E-state index contributed by atoms with van der Waals surface area (Å²) in [5.74, 6) is 0.318. The number of rotatable bonds is 7. The van der Waals surface area contributed by atoms with Crippen LogP contribution in [0.1, 0.15) is 27.2 Å². The first-order valence-electron chi connectivity index (χ1n) is 4.69. The van der Waals surface area contributed by atoms with Gasteiger partial charge in [-0.05, 0) is 12.3 Å². The standard InChI is InChI=1S/C9H20N2OS/c1-7(2)9(6-12)11-10-5-4-8(3)13/h6-11,13H,4-5H2,1-3H3/t8?,9-/m1/s1. The zero-order valence-corrected chi connectivity index (χ0v) is 9.47. The van der Waals surface area contributed by atoms with Crippen molar-refractivity contribution in [3.8, 4) is 0 Å². The van der Waals surface area contributed by atoms with E-state index in [0.717, 1.165) is 19.3 Å². The first kappa shape index (κ1) is 12.9. The summed E-state index contributed by atoms with van der Waals surface area (Å²) >= 11 is 4.25. The number of hydrogen-bond donors (Lipinski definition) is 3. The molecule has 78 valence electrons. The number of carbonyl (C=O) groups excluding carboxylic acids is 1. The molecule has 0 aromatic rings. The molecule has 0 aromatic heterocycles. The predicted molar refractivity (Wildman–Crippen MR) is 58.9 cm³/mol. The van der Waals surface area contributed by atoms with E-state index in [1.807, 2.05) is 20.8 Å². The third kappa shape index (κ3) is 7.05. The van der Waals surface area contributed by atoms with Gasteiger partial charge in [0.05, 0.1) is 6.04 Å². The van der Waals surface area contributed by atoms with Crippen molar-refractivity contribution in [3.63, 3.8) is 0 Å². The quantitative estimate of drug-likeness (QED) is 0.251. The maximum Gasteiger partial charge on any atom is 0.138 e. The summed E-state index contributed by atoms with van der Waals surface area (Å²) in [5, 5.41) is 0.392. The molecule has 0 spiro atoms. The Bertz CT molecular complexity index is 140. The fourth-order valence-electron chi connectivity index (χ4n) is 0.829. The molecule has 0 saturated carbocycles. The lowest BCUT2D eigenvalue weighted by molar-refractivity contribution is -0.110. The number of hydrazine groups is 1. The highest BCUT2D eigenvalue weighted by atomic mass is 32.1. The molecule has 0 fully saturated rings. The average Bonchev–Trinajstić information content (AvgIpc) is 2.03. The van der Waals surface area contributed by atoms with Crippen LogP contribution < -0.4 is 10.9 Å². The fraction of sp³-hybridized carbons (Fsp3) is 0.889. The molecule has 0 aromatic carbocycles. The molecule has 0 bridgehead atoms. The van der Waals surface area contributed by atoms with Crippen LogP contribution in [0.4, 0.5) is 0 Å². The minimum Gasteiger partial charge on any atom is -0.302 e. The van der Waals surface area contributed by atoms with Gasteiger partial charge in [0.25, 0.3) is 0 Å². The Morgan fingerprint density at radius 2 is 2.00 bits per heavy atom. The van der Waals surface area contributed by atoms with E-state index in [4.69, 9.17) is 0 Å². The van der Waals surface area contributed by atoms with Crippen LogP contribution in [0, 0.1) is 5.92 Å². The van der Waals surface area contributed by atoms with Gasteiger partial charge in [-0.2, -0.15) is 12.6 Å². The lowest BCUT2D eigenvalue weighted by Crippen LogP contribution is -2.45. The van der Waals surface area contributed by atoms with Crippen molar-refractivity contribution in [2.24, 2.45) is 5.92 Å². The molecular weight excluding hydrogens is 184 g/mol. The van der Waals surface area contributed by atoms with Gasteiger partial charge in [0.2, 0.25) is 0 Å². The largest absolute Gasteiger partial charge is 0.302 e. The normalized spacial score (nSPS) is 15.8. The molecule has 0 saturated heterocycles. The van der Waals surface area contributed by atoms with Gasteiger partial charge in [-0.3, -0.25) is 5.43 Å². The average molecular weight is 204 g/mol. The second-order valence-corrected chi connectivity index (χ2v) is 4.50. The van der Waals surface area contributed by atoms with E-state index < -0.39 is 0 Å². The molecule has 2 atom stereocenters. The van der Waals surface area contributed by atoms with Crippen LogP contribution in [0.5, 0.6) is 0 Å². The van der Waals surface area contributed by atoms with Gasteiger partial charge in [0.1, 0.15) is 6.29 Å². The molecule has 2 N–H and O–H groups in total. The molecule has 13 heavy (non-hydrogen) atoms. The van der Waals surface area contributed by atoms with Crippen molar-refractivity contribution < 1.29 is 4.79 Å². The summed E-state index contributed by atoms with van der Waals surface area (Å²) in [7, 11) is 0. The number of thiol groups is 1. The lowest BCUT2D eigenvalue weighted by atomic mass is 10.1. The van der Waals surface area contributed by atoms with Crippen LogP contribution in [0.3, 0.4) is 0 Å². The summed E-state index contributed by atoms with van der Waals surface area (Å²) in [4.78, 5) is 10.6. The summed E-state index contributed by atoms with van der Waals surface area (Å²) in [6.45, 7) is 6.90. The van der Waals surface area contributed by atoms with Crippen LogP contribution >= 0.6 is 12.6 Å². The third-order valence-corrected chi connectivity index (χ3v) is 2.08. The van der Waals surface area contributed by atoms with Crippen LogP contribution in [0.2, 0.25) is 0 Å². The smallest absolute Gasteiger partial charge is 0.138 e. The second kappa shape index (κ2) is 7.35. The van der Waals surface area contributed by atoms with E-state index in [2.05, 4.69) is 23.5 Å². The van der Waals surface area contributed by atoms with E-state index >= 15 is 0 Å². The van der Waals surface area contributed by atoms with Gasteiger partial charge in [0, 0.05) is 11.8 Å². The van der Waals surface area contributed by atoms with Gasteiger partial charge in [-0.1, -0.05) is 20.8 Å². The summed E-state index contributed by atoms with van der Waals surface area (Å²) in [6, 6.07) is -0.102. The first-order chi connectivity index (χ1) is 6.07. The van der Waals surface area contributed by atoms with E-state index in [9.17, 15) is 4.79 Å². The Morgan fingerprint density at radius 1 is 1.38 bits per heavy atom. The Balaban J connectivity index is 3.44. The zero-order valence-electron chi connectivity index (χ0n) is 8.58. The van der Waals surface area contributed by atoms with Gasteiger partial charge in [-0.15, -0.1) is 0 Å². The molecule has 0 radical (unpaired) electrons. The van der Waals surface area contributed by atoms with Crippen molar-refractivity contribution in [2.45, 2.75) is 38.5 Å². The highest BCUT2D eigenvalue weighted by Crippen LogP contribution is 1.98. The topological polar surface area (TPSA) is 41.1 Å². The minimum absolute atomic E-state index is 0.102. The molecule has 0 aliphatic heterocycles. The van der Waals surface area contributed by atoms with Crippen LogP contribution in [0.15, 0.2) is 0 Å². The Kier molecular flexibility index (Phi) is 7.32. The van der Waals surface area contributed by atoms with Crippen LogP contribution in [-0.4, -0.2) is 24.1 Å². The molecule has 0 heterocycles. The Hall–Kier alpha value is -0.0600. The van der Waals surface area contributed by atoms with Gasteiger partial charge < -0.3 is 4.79 Å². The number of carbonyl (C=O) groups is 1. The highest BCUT2D eigenvalue weighted by Gasteiger charge is 2.09. The summed E-state index contributed by atoms with van der Waals surface area (Å²) < 4.78 is 0. The first-order valence-corrected chi connectivity index (χ1v) is 5.21. The van der Waals surface area contributed by atoms with E-state index in [1.165, 1.54) is 0 Å². The van der Waals surface area contributed by atoms with Crippen molar-refractivity contribution in [3.05, 3.63) is 0 Å². The molecule has 4 heteroatoms. The van der Waals surface area contributed by atoms with E-state index in [-0.39, 0.29) is 6.04 Å². The van der Waals surface area contributed by atoms with E-state index in [0.29, 0.717) is 11.2 Å². The molecular formula is C9H20N2OS. The summed E-state index contributed by atoms with van der Waals surface area (Å²) in [5.41, 5.74) is 5.99. The second-order valence-electron chi connectivity index (χ2n) is 3.61. The predicted octanol–water partition coefficient (Wildman–Crippen LogP) is 1.01. The maximum absolute atomic E-state index is 10.6. The Morgan fingerprint density at radius 3 is 2.38 bits per heavy atom. The highest BCUT2D eigenvalue weighted by molar-refractivity contribution is 7.80. The molecule has 0 amide bonds. The van der Waals surface area contributed by atoms with Crippen molar-refractivity contribution in [1.82, 2.24) is 10.9 Å². The number of hydrogen-bond acceptors (Lipinski definition) is 4. The maximum atomic E-state index is 10.6. The number of nitrogens with one attached hydrogen (secondary N) is 2. The monoisotopic (exact) mass is 204 g/mol. The SMILES string of the molecule is CC(S)CCNN[C@H](C=O)C(C)C. The van der Waals surface area contributed by atoms with Gasteiger partial charge in [-0.25, -0.2) is 5.43 Å². The van der Waals surface area contributed by atoms with Gasteiger partial charge in [0.15, 0.2) is 0 Å². The van der Waals surface area contributed by atoms with Crippen LogP contribution in [0.25, 0.3) is 0 Å². The minimum atomic E-state index is -0.102. The molecule has 0 aliphatic rings. The number of aldehydes is 1. The van der Waals surface area contributed by atoms with Crippen molar-refractivity contribution in [1.29, 1.82) is 0 Å². The lowest BCUT2D eigenvalue weighted by Gasteiger charge is -2.17. The fourth-order valence-corrected chi connectivity index (χ4v) is 0.958. The van der Waals surface area contributed by atoms with Gasteiger partial charge >= 0.3 is 0 Å². The molecule has 0 aliphatic carbocycles. The summed E-state index contributed by atoms with van der Waals surface area (Å²) in [6.07, 6.45) is 1.92. The van der Waals surface area contributed by atoms with E-state index in [1.54, 1.807) is 0 Å². The molecule has 0 rings (SSSR count). The van der Waals surface area contributed by atoms with Crippen LogP contribution in [-0.2, 0) is 4.79 Å². The molecule has 3 nitrogen and oxygen atoms in total. The van der Waals surface area contributed by atoms with Crippen molar-refractivity contribution >= 4 is 18.9 Å². The third-order valence-electron chi connectivity index (χ3n) is 1.82. The molecule has 1 unspecified atom stereocenters. The zero-order chi connectivity index (χ0) is 10.3. The Labute approximate surface area is 86.0 Å².